The van der Waals surface area contributed by atoms with Gasteiger partial charge in [0.25, 0.3) is 0 Å². The minimum Gasteiger partial charge on any atom is -0.379 e. The minimum atomic E-state index is 0.102. The summed E-state index contributed by atoms with van der Waals surface area (Å²) in [5, 5.41) is 2.85. The first kappa shape index (κ1) is 22.1. The van der Waals surface area contributed by atoms with Gasteiger partial charge in [0, 0.05) is 60.1 Å². The largest absolute Gasteiger partial charge is 0.379 e. The molecule has 0 saturated carbocycles. The number of halogens is 1. The monoisotopic (exact) mass is 460 g/mol. The second kappa shape index (κ2) is 9.30. The number of carbonyl (C=O) groups is 1. The number of benzene rings is 3. The van der Waals surface area contributed by atoms with Crippen molar-refractivity contribution in [3.05, 3.63) is 87.6 Å². The summed E-state index contributed by atoms with van der Waals surface area (Å²) in [6.45, 7) is 9.39. The van der Waals surface area contributed by atoms with Gasteiger partial charge in [0.1, 0.15) is 0 Å². The highest BCUT2D eigenvalue weighted by molar-refractivity contribution is 6.30. The molecule has 4 nitrogen and oxygen atoms in total. The number of allylic oxidation sites excluding steroid dienone is 2. The van der Waals surface area contributed by atoms with Gasteiger partial charge in [-0.05, 0) is 53.9 Å². The highest BCUT2D eigenvalue weighted by Crippen LogP contribution is 2.37. The number of morpholine rings is 1. The van der Waals surface area contributed by atoms with Gasteiger partial charge in [0.2, 0.25) is 0 Å². The topological polar surface area (TPSA) is 32.8 Å². The summed E-state index contributed by atoms with van der Waals surface area (Å²) in [6, 6.07) is 18.2. The molecule has 170 valence electrons. The number of anilines is 1. The Balaban J connectivity index is 1.53. The van der Waals surface area contributed by atoms with Crippen molar-refractivity contribution in [2.45, 2.75) is 20.3 Å². The van der Waals surface area contributed by atoms with E-state index in [2.05, 4.69) is 47.9 Å². The summed E-state index contributed by atoms with van der Waals surface area (Å²) < 4.78 is 5.50. The van der Waals surface area contributed by atoms with Crippen molar-refractivity contribution in [2.24, 2.45) is 0 Å². The maximum atomic E-state index is 13.9. The van der Waals surface area contributed by atoms with Crippen molar-refractivity contribution >= 4 is 33.8 Å². The third-order valence-corrected chi connectivity index (χ3v) is 7.18. The van der Waals surface area contributed by atoms with Crippen LogP contribution >= 0.6 is 11.6 Å². The Morgan fingerprint density at radius 3 is 2.52 bits per heavy atom. The molecular weight excluding hydrogens is 432 g/mol. The predicted molar refractivity (Wildman–Crippen MR) is 135 cm³/mol. The first-order chi connectivity index (χ1) is 16.0. The maximum absolute atomic E-state index is 13.9. The maximum Gasteiger partial charge on any atom is 0.191 e. The average molecular weight is 461 g/mol. The Kier molecular flexibility index (Phi) is 6.24. The van der Waals surface area contributed by atoms with Crippen LogP contribution in [0.3, 0.4) is 0 Å². The number of aryl methyl sites for hydroxylation is 1. The molecule has 5 heteroatoms. The smallest absolute Gasteiger partial charge is 0.191 e. The lowest BCUT2D eigenvalue weighted by atomic mass is 9.88. The fraction of sp³-hybridized carbons (Fsp3) is 0.321. The first-order valence-corrected chi connectivity index (χ1v) is 12.0. The lowest BCUT2D eigenvalue weighted by Gasteiger charge is -2.36. The van der Waals surface area contributed by atoms with Crippen molar-refractivity contribution < 1.29 is 9.53 Å². The molecule has 1 fully saturated rings. The number of hydrogen-bond donors (Lipinski definition) is 0. The first-order valence-electron chi connectivity index (χ1n) is 11.6. The number of ketones is 1. The lowest BCUT2D eigenvalue weighted by molar-refractivity contribution is 0.0393. The molecule has 2 aliphatic rings. The van der Waals surface area contributed by atoms with Crippen LogP contribution in [-0.2, 0) is 11.2 Å². The molecule has 1 saturated heterocycles. The van der Waals surface area contributed by atoms with Crippen molar-refractivity contribution in [3.8, 4) is 0 Å². The quantitative estimate of drug-likeness (QED) is 0.460. The molecule has 3 aromatic rings. The van der Waals surface area contributed by atoms with Crippen LogP contribution in [0.2, 0.25) is 5.02 Å². The van der Waals surface area contributed by atoms with Gasteiger partial charge in [-0.25, -0.2) is 0 Å². The number of hydrogen-bond acceptors (Lipinski definition) is 4. The van der Waals surface area contributed by atoms with E-state index in [1.54, 1.807) is 0 Å². The van der Waals surface area contributed by atoms with Gasteiger partial charge in [0.05, 0.1) is 13.2 Å². The Hall–Kier alpha value is -2.66. The molecule has 0 N–H and O–H groups in total. The van der Waals surface area contributed by atoms with Gasteiger partial charge >= 0.3 is 0 Å². The second-order valence-corrected chi connectivity index (χ2v) is 9.36. The zero-order valence-corrected chi connectivity index (χ0v) is 20.0. The Labute approximate surface area is 200 Å². The number of Topliss-reactive ketones (excluding diaryl/α,β-unsaturated/α-hetero) is 1. The number of fused-ring (bicyclic) bond motifs is 2. The molecule has 0 aromatic heterocycles. The van der Waals surface area contributed by atoms with E-state index in [0.29, 0.717) is 11.4 Å². The van der Waals surface area contributed by atoms with E-state index in [1.165, 1.54) is 5.56 Å². The lowest BCUT2D eigenvalue weighted by Crippen LogP contribution is -2.42. The van der Waals surface area contributed by atoms with Gasteiger partial charge < -0.3 is 9.64 Å². The molecule has 0 bridgehead atoms. The van der Waals surface area contributed by atoms with Crippen LogP contribution in [0.25, 0.3) is 10.8 Å². The summed E-state index contributed by atoms with van der Waals surface area (Å²) in [5.74, 6) is 0.102. The molecule has 0 amide bonds. The van der Waals surface area contributed by atoms with Gasteiger partial charge in [-0.3, -0.25) is 9.69 Å². The van der Waals surface area contributed by atoms with E-state index >= 15 is 0 Å². The van der Waals surface area contributed by atoms with Crippen molar-refractivity contribution in [1.82, 2.24) is 4.90 Å². The molecule has 0 atom stereocenters. The van der Waals surface area contributed by atoms with E-state index in [9.17, 15) is 4.79 Å². The number of rotatable bonds is 5. The molecule has 3 aromatic carbocycles. The molecule has 2 heterocycles. The highest BCUT2D eigenvalue weighted by Gasteiger charge is 2.28. The summed E-state index contributed by atoms with van der Waals surface area (Å²) >= 11 is 6.36. The van der Waals surface area contributed by atoms with Gasteiger partial charge in [-0.1, -0.05) is 48.0 Å². The SMILES string of the molecule is CC1=C(C(=O)c2ccc(C)c3ccccc23)Cc2cc(Cl)ccc2N1CCN1CCOCC1. The second-order valence-electron chi connectivity index (χ2n) is 8.92. The van der Waals surface area contributed by atoms with Gasteiger partial charge in [-0.2, -0.15) is 0 Å². The van der Waals surface area contributed by atoms with Gasteiger partial charge in [0.15, 0.2) is 5.78 Å². The van der Waals surface area contributed by atoms with Crippen LogP contribution in [0, 0.1) is 6.92 Å². The van der Waals surface area contributed by atoms with Crippen LogP contribution in [0.15, 0.2) is 65.9 Å². The van der Waals surface area contributed by atoms with E-state index in [-0.39, 0.29) is 5.78 Å². The van der Waals surface area contributed by atoms with E-state index in [1.807, 2.05) is 30.3 Å². The standard InChI is InChI=1S/C28H29ClN2O2/c1-19-7-9-25(24-6-4-3-5-23(19)24)28(32)26-18-21-17-22(29)8-10-27(21)31(20(26)2)12-11-30-13-15-33-16-14-30/h3-10,17H,11-16,18H2,1-2H3. The van der Waals surface area contributed by atoms with Crippen LogP contribution in [0.4, 0.5) is 5.69 Å². The predicted octanol–water partition coefficient (Wildman–Crippen LogP) is 5.65. The minimum absolute atomic E-state index is 0.102. The summed E-state index contributed by atoms with van der Waals surface area (Å²) in [6.07, 6.45) is 0.594. The van der Waals surface area contributed by atoms with Gasteiger partial charge in [-0.15, -0.1) is 0 Å². The molecular formula is C28H29ClN2O2. The van der Waals surface area contributed by atoms with Crippen molar-refractivity contribution in [3.63, 3.8) is 0 Å². The average Bonchev–Trinajstić information content (AvgIpc) is 2.84. The van der Waals surface area contributed by atoms with Crippen LogP contribution < -0.4 is 4.90 Å². The Morgan fingerprint density at radius 1 is 0.970 bits per heavy atom. The molecule has 2 aliphatic heterocycles. The zero-order valence-electron chi connectivity index (χ0n) is 19.2. The zero-order chi connectivity index (χ0) is 22.9. The summed E-state index contributed by atoms with van der Waals surface area (Å²) in [7, 11) is 0. The Morgan fingerprint density at radius 2 is 1.73 bits per heavy atom. The molecule has 0 aliphatic carbocycles. The van der Waals surface area contributed by atoms with E-state index < -0.39 is 0 Å². The Bertz CT molecular complexity index is 1240. The van der Waals surface area contributed by atoms with Crippen LogP contribution in [-0.4, -0.2) is 50.1 Å². The fourth-order valence-corrected chi connectivity index (χ4v) is 5.22. The fourth-order valence-electron chi connectivity index (χ4n) is 5.03. The molecule has 0 unspecified atom stereocenters. The van der Waals surface area contributed by atoms with Crippen LogP contribution in [0.5, 0.6) is 0 Å². The van der Waals surface area contributed by atoms with Crippen LogP contribution in [0.1, 0.15) is 28.4 Å². The molecule has 0 radical (unpaired) electrons. The third kappa shape index (κ3) is 4.31. The molecule has 33 heavy (non-hydrogen) atoms. The summed E-state index contributed by atoms with van der Waals surface area (Å²) in [5.41, 5.74) is 6.09. The third-order valence-electron chi connectivity index (χ3n) is 6.95. The van der Waals surface area contributed by atoms with E-state index in [0.717, 1.165) is 78.2 Å². The van der Waals surface area contributed by atoms with Crippen molar-refractivity contribution in [1.29, 1.82) is 0 Å². The van der Waals surface area contributed by atoms with E-state index in [4.69, 9.17) is 16.3 Å². The highest BCUT2D eigenvalue weighted by atomic mass is 35.5. The number of carbonyl (C=O) groups excluding carboxylic acids is 1. The summed E-state index contributed by atoms with van der Waals surface area (Å²) in [4.78, 5) is 18.7. The molecule has 0 spiro atoms. The normalized spacial score (nSPS) is 16.9. The van der Waals surface area contributed by atoms with Crippen molar-refractivity contribution in [2.75, 3.05) is 44.3 Å². The number of ether oxygens (including phenoxy) is 1. The number of nitrogens with zero attached hydrogens (tertiary/aromatic N) is 2. The molecule has 5 rings (SSSR count).